The van der Waals surface area contributed by atoms with E-state index in [1.54, 1.807) is 35.7 Å². The van der Waals surface area contributed by atoms with Gasteiger partial charge in [0.2, 0.25) is 0 Å². The summed E-state index contributed by atoms with van der Waals surface area (Å²) >= 11 is 1.22. The fourth-order valence-electron chi connectivity index (χ4n) is 1.50. The number of benzene rings is 1. The van der Waals surface area contributed by atoms with E-state index in [1.165, 1.54) is 11.3 Å². The zero-order chi connectivity index (χ0) is 15.8. The largest absolute Gasteiger partial charge is 0.482 e. The summed E-state index contributed by atoms with van der Waals surface area (Å²) in [4.78, 5) is 23.1. The molecule has 0 atom stereocenters. The Hall–Kier alpha value is -2.85. The molecule has 2 aromatic rings. The summed E-state index contributed by atoms with van der Waals surface area (Å²) in [6.45, 7) is -0.709. The van der Waals surface area contributed by atoms with E-state index in [0.29, 0.717) is 16.3 Å². The van der Waals surface area contributed by atoms with Crippen molar-refractivity contribution in [3.63, 3.8) is 0 Å². The number of thiophene rings is 1. The Balaban J connectivity index is 1.72. The van der Waals surface area contributed by atoms with Gasteiger partial charge in [0.05, 0.1) is 5.56 Å². The van der Waals surface area contributed by atoms with Crippen LogP contribution in [0.3, 0.4) is 0 Å². The molecule has 0 aliphatic heterocycles. The molecule has 22 heavy (non-hydrogen) atoms. The predicted molar refractivity (Wildman–Crippen MR) is 80.6 cm³/mol. The number of esters is 1. The molecule has 112 valence electrons. The Bertz CT molecular complexity index is 691. The van der Waals surface area contributed by atoms with Crippen LogP contribution in [0.5, 0.6) is 5.75 Å². The van der Waals surface area contributed by atoms with Crippen molar-refractivity contribution in [3.05, 3.63) is 47.3 Å². The van der Waals surface area contributed by atoms with E-state index in [1.807, 2.05) is 12.1 Å². The lowest BCUT2D eigenvalue weighted by Gasteiger charge is -2.07. The molecule has 1 amide bonds. The van der Waals surface area contributed by atoms with E-state index in [-0.39, 0.29) is 6.61 Å². The normalized spacial score (nSPS) is 9.59. The molecule has 7 heteroatoms. The van der Waals surface area contributed by atoms with Crippen molar-refractivity contribution < 1.29 is 19.1 Å². The number of nitrogens with zero attached hydrogens (tertiary/aromatic N) is 1. The maximum absolute atomic E-state index is 11.6. The van der Waals surface area contributed by atoms with Crippen LogP contribution in [0.4, 0.5) is 5.00 Å². The van der Waals surface area contributed by atoms with E-state index in [9.17, 15) is 9.59 Å². The lowest BCUT2D eigenvalue weighted by Crippen LogP contribution is -2.23. The zero-order valence-electron chi connectivity index (χ0n) is 11.4. The Morgan fingerprint density at radius 1 is 1.18 bits per heavy atom. The Morgan fingerprint density at radius 2 is 1.95 bits per heavy atom. The van der Waals surface area contributed by atoms with Crippen LogP contribution in [0.2, 0.25) is 0 Å². The van der Waals surface area contributed by atoms with Gasteiger partial charge in [0, 0.05) is 0 Å². The molecular formula is C15H12N2O4S. The van der Waals surface area contributed by atoms with Crippen molar-refractivity contribution in [2.45, 2.75) is 0 Å². The quantitative estimate of drug-likeness (QED) is 0.825. The second-order valence-electron chi connectivity index (χ2n) is 4.09. The van der Waals surface area contributed by atoms with E-state index in [2.05, 4.69) is 5.32 Å². The molecule has 0 saturated carbocycles. The summed E-state index contributed by atoms with van der Waals surface area (Å²) in [5, 5.41) is 13.5. The second kappa shape index (κ2) is 7.81. The first-order valence-electron chi connectivity index (χ1n) is 6.30. The van der Waals surface area contributed by atoms with Gasteiger partial charge < -0.3 is 14.8 Å². The van der Waals surface area contributed by atoms with Crippen LogP contribution in [0, 0.1) is 11.3 Å². The highest BCUT2D eigenvalue weighted by Crippen LogP contribution is 2.21. The fourth-order valence-corrected chi connectivity index (χ4v) is 2.26. The lowest BCUT2D eigenvalue weighted by molar-refractivity contribution is -0.149. The first-order valence-corrected chi connectivity index (χ1v) is 7.18. The van der Waals surface area contributed by atoms with Gasteiger partial charge in [-0.15, -0.1) is 11.3 Å². The maximum atomic E-state index is 11.6. The molecule has 2 rings (SSSR count). The fraction of sp³-hybridized carbons (Fsp3) is 0.133. The van der Waals surface area contributed by atoms with E-state index in [0.717, 1.165) is 0 Å². The number of nitrogens with one attached hydrogen (secondary N) is 1. The minimum absolute atomic E-state index is 0.278. The van der Waals surface area contributed by atoms with Crippen molar-refractivity contribution in [3.8, 4) is 11.8 Å². The van der Waals surface area contributed by atoms with Gasteiger partial charge in [-0.3, -0.25) is 4.79 Å². The summed E-state index contributed by atoms with van der Waals surface area (Å²) in [7, 11) is 0. The van der Waals surface area contributed by atoms with Gasteiger partial charge in [0.25, 0.3) is 5.91 Å². The van der Waals surface area contributed by atoms with Crippen LogP contribution < -0.4 is 10.1 Å². The Morgan fingerprint density at radius 3 is 2.68 bits per heavy atom. The van der Waals surface area contributed by atoms with Gasteiger partial charge in [-0.2, -0.15) is 5.26 Å². The van der Waals surface area contributed by atoms with Crippen molar-refractivity contribution in [1.82, 2.24) is 0 Å². The average molecular weight is 316 g/mol. The number of hydrogen-bond acceptors (Lipinski definition) is 6. The molecule has 0 aliphatic carbocycles. The van der Waals surface area contributed by atoms with Crippen LogP contribution in [-0.4, -0.2) is 25.1 Å². The Labute approximate surface area is 130 Å². The summed E-state index contributed by atoms with van der Waals surface area (Å²) in [5.74, 6) is -0.612. The van der Waals surface area contributed by atoms with Gasteiger partial charge in [-0.1, -0.05) is 18.2 Å². The van der Waals surface area contributed by atoms with Crippen molar-refractivity contribution in [1.29, 1.82) is 5.26 Å². The highest BCUT2D eigenvalue weighted by atomic mass is 32.1. The molecular weight excluding hydrogens is 304 g/mol. The van der Waals surface area contributed by atoms with Crippen LogP contribution >= 0.6 is 11.3 Å². The number of nitriles is 1. The van der Waals surface area contributed by atoms with Crippen LogP contribution in [0.15, 0.2) is 41.8 Å². The van der Waals surface area contributed by atoms with Gasteiger partial charge in [-0.25, -0.2) is 4.79 Å². The molecule has 0 spiro atoms. The first-order chi connectivity index (χ1) is 10.7. The van der Waals surface area contributed by atoms with Crippen LogP contribution in [0.25, 0.3) is 0 Å². The van der Waals surface area contributed by atoms with E-state index >= 15 is 0 Å². The second-order valence-corrected chi connectivity index (χ2v) is 5.00. The van der Waals surface area contributed by atoms with Crippen molar-refractivity contribution >= 4 is 28.2 Å². The highest BCUT2D eigenvalue weighted by molar-refractivity contribution is 7.14. The van der Waals surface area contributed by atoms with Crippen molar-refractivity contribution in [2.75, 3.05) is 18.5 Å². The van der Waals surface area contributed by atoms with Gasteiger partial charge in [-0.05, 0) is 23.6 Å². The standard InChI is InChI=1S/C15H12N2O4S/c16-8-11-6-7-22-15(11)17-13(18)9-21-14(19)10-20-12-4-2-1-3-5-12/h1-7H,9-10H2,(H,17,18). The van der Waals surface area contributed by atoms with Gasteiger partial charge in [0.1, 0.15) is 16.8 Å². The number of amides is 1. The van der Waals surface area contributed by atoms with Crippen LogP contribution in [-0.2, 0) is 14.3 Å². The lowest BCUT2D eigenvalue weighted by atomic mass is 10.3. The predicted octanol–water partition coefficient (Wildman–Crippen LogP) is 2.18. The maximum Gasteiger partial charge on any atom is 0.344 e. The summed E-state index contributed by atoms with van der Waals surface area (Å²) < 4.78 is 9.99. The minimum Gasteiger partial charge on any atom is -0.482 e. The van der Waals surface area contributed by atoms with E-state index < -0.39 is 18.5 Å². The number of ether oxygens (including phenoxy) is 2. The third kappa shape index (κ3) is 4.61. The van der Waals surface area contributed by atoms with Crippen LogP contribution in [0.1, 0.15) is 5.56 Å². The number of para-hydroxylation sites is 1. The molecule has 0 fully saturated rings. The first kappa shape index (κ1) is 15.5. The van der Waals surface area contributed by atoms with Gasteiger partial charge in [0.15, 0.2) is 13.2 Å². The van der Waals surface area contributed by atoms with Gasteiger partial charge >= 0.3 is 5.97 Å². The summed E-state index contributed by atoms with van der Waals surface area (Å²) in [6, 6.07) is 12.4. The SMILES string of the molecule is N#Cc1ccsc1NC(=O)COC(=O)COc1ccccc1. The van der Waals surface area contributed by atoms with E-state index in [4.69, 9.17) is 14.7 Å². The molecule has 0 aliphatic rings. The molecule has 0 saturated heterocycles. The molecule has 0 bridgehead atoms. The topological polar surface area (TPSA) is 88.4 Å². The molecule has 1 N–H and O–H groups in total. The number of carbonyl (C=O) groups is 2. The third-order valence-electron chi connectivity index (χ3n) is 2.50. The number of anilines is 1. The molecule has 6 nitrogen and oxygen atoms in total. The smallest absolute Gasteiger partial charge is 0.344 e. The zero-order valence-corrected chi connectivity index (χ0v) is 12.3. The number of rotatable bonds is 6. The number of hydrogen-bond donors (Lipinski definition) is 1. The molecule has 1 heterocycles. The minimum atomic E-state index is -0.648. The Kier molecular flexibility index (Phi) is 5.51. The summed E-state index contributed by atoms with van der Waals surface area (Å²) in [6.07, 6.45) is 0. The summed E-state index contributed by atoms with van der Waals surface area (Å²) in [5.41, 5.74) is 0.372. The average Bonchev–Trinajstić information content (AvgIpc) is 2.99. The molecule has 1 aromatic heterocycles. The van der Waals surface area contributed by atoms with Crippen molar-refractivity contribution in [2.24, 2.45) is 0 Å². The molecule has 1 aromatic carbocycles. The molecule has 0 radical (unpaired) electrons. The third-order valence-corrected chi connectivity index (χ3v) is 3.33. The highest BCUT2D eigenvalue weighted by Gasteiger charge is 2.11. The monoisotopic (exact) mass is 316 g/mol. The number of carbonyl (C=O) groups excluding carboxylic acids is 2. The molecule has 0 unspecified atom stereocenters.